The zero-order chi connectivity index (χ0) is 14.8. The van der Waals surface area contributed by atoms with Crippen LogP contribution in [0.3, 0.4) is 0 Å². The van der Waals surface area contributed by atoms with Crippen LogP contribution in [0.4, 0.5) is 17.6 Å². The minimum atomic E-state index is 0.382. The standard InChI is InChI=1S/C15H26N6/c1-3-4-11-5-6-12-13(17-11)18-15(16)19-14(12)21-9-7-20(2)8-10-21/h11H,3-10H2,1-2H3,(H3,16,17,18,19). The van der Waals surface area contributed by atoms with Gasteiger partial charge in [0.25, 0.3) is 0 Å². The van der Waals surface area contributed by atoms with Crippen molar-refractivity contribution >= 4 is 17.6 Å². The molecule has 2 aliphatic rings. The third kappa shape index (κ3) is 3.05. The molecule has 1 saturated heterocycles. The van der Waals surface area contributed by atoms with Crippen LogP contribution >= 0.6 is 0 Å². The van der Waals surface area contributed by atoms with E-state index in [-0.39, 0.29) is 0 Å². The SMILES string of the molecule is CCCC1CCc2c(nc(N)nc2N2CCN(C)CC2)N1. The highest BCUT2D eigenvalue weighted by Gasteiger charge is 2.26. The molecule has 6 nitrogen and oxygen atoms in total. The third-order valence-electron chi connectivity index (χ3n) is 4.53. The normalized spacial score (nSPS) is 22.8. The summed E-state index contributed by atoms with van der Waals surface area (Å²) in [4.78, 5) is 13.7. The first-order chi connectivity index (χ1) is 10.2. The van der Waals surface area contributed by atoms with Gasteiger partial charge in [0.15, 0.2) is 0 Å². The van der Waals surface area contributed by atoms with Crippen LogP contribution < -0.4 is 16.0 Å². The molecule has 6 heteroatoms. The van der Waals surface area contributed by atoms with Gasteiger partial charge in [0, 0.05) is 37.8 Å². The minimum absolute atomic E-state index is 0.382. The second-order valence-corrected chi connectivity index (χ2v) is 6.19. The number of piperazine rings is 1. The Kier molecular flexibility index (Phi) is 4.14. The van der Waals surface area contributed by atoms with Crippen LogP contribution in [0.5, 0.6) is 0 Å². The van der Waals surface area contributed by atoms with E-state index in [9.17, 15) is 0 Å². The Morgan fingerprint density at radius 3 is 2.71 bits per heavy atom. The molecule has 0 saturated carbocycles. The van der Waals surface area contributed by atoms with E-state index in [1.54, 1.807) is 0 Å². The molecule has 3 rings (SSSR count). The minimum Gasteiger partial charge on any atom is -0.368 e. The molecule has 21 heavy (non-hydrogen) atoms. The number of hydrogen-bond donors (Lipinski definition) is 2. The van der Waals surface area contributed by atoms with Gasteiger partial charge in [-0.3, -0.25) is 0 Å². The molecule has 0 aromatic carbocycles. The van der Waals surface area contributed by atoms with Gasteiger partial charge < -0.3 is 20.9 Å². The average molecular weight is 290 g/mol. The van der Waals surface area contributed by atoms with Gasteiger partial charge in [0.05, 0.1) is 0 Å². The van der Waals surface area contributed by atoms with Crippen LogP contribution in [0.1, 0.15) is 31.7 Å². The van der Waals surface area contributed by atoms with E-state index in [0.29, 0.717) is 12.0 Å². The molecule has 1 fully saturated rings. The molecule has 1 aromatic rings. The molecule has 0 bridgehead atoms. The summed E-state index contributed by atoms with van der Waals surface area (Å²) in [6, 6.07) is 0.525. The second-order valence-electron chi connectivity index (χ2n) is 6.19. The average Bonchev–Trinajstić information content (AvgIpc) is 2.47. The number of hydrogen-bond acceptors (Lipinski definition) is 6. The molecule has 1 atom stereocenters. The maximum Gasteiger partial charge on any atom is 0.223 e. The number of aromatic nitrogens is 2. The van der Waals surface area contributed by atoms with Gasteiger partial charge in [-0.1, -0.05) is 13.3 Å². The molecule has 0 radical (unpaired) electrons. The fourth-order valence-corrected chi connectivity index (χ4v) is 3.27. The van der Waals surface area contributed by atoms with Crippen molar-refractivity contribution in [2.24, 2.45) is 0 Å². The maximum atomic E-state index is 5.94. The van der Waals surface area contributed by atoms with Crippen molar-refractivity contribution in [1.82, 2.24) is 14.9 Å². The topological polar surface area (TPSA) is 70.3 Å². The number of nitrogens with two attached hydrogens (primary N) is 1. The van der Waals surface area contributed by atoms with E-state index in [1.807, 2.05) is 0 Å². The van der Waals surface area contributed by atoms with Crippen molar-refractivity contribution in [2.75, 3.05) is 49.2 Å². The van der Waals surface area contributed by atoms with E-state index in [0.717, 1.165) is 50.7 Å². The Hall–Kier alpha value is -1.56. The third-order valence-corrected chi connectivity index (χ3v) is 4.53. The van der Waals surface area contributed by atoms with E-state index >= 15 is 0 Å². The van der Waals surface area contributed by atoms with Crippen molar-refractivity contribution in [1.29, 1.82) is 0 Å². The molecule has 3 N–H and O–H groups in total. The van der Waals surface area contributed by atoms with Gasteiger partial charge in [0.1, 0.15) is 11.6 Å². The summed E-state index contributed by atoms with van der Waals surface area (Å²) in [6.45, 7) is 6.39. The van der Waals surface area contributed by atoms with Crippen LogP contribution in [0.15, 0.2) is 0 Å². The Bertz CT molecular complexity index is 495. The lowest BCUT2D eigenvalue weighted by Crippen LogP contribution is -2.45. The molecule has 1 aromatic heterocycles. The summed E-state index contributed by atoms with van der Waals surface area (Å²) in [5, 5.41) is 3.56. The Morgan fingerprint density at radius 2 is 2.00 bits per heavy atom. The smallest absolute Gasteiger partial charge is 0.223 e. The molecular formula is C15H26N6. The highest BCUT2D eigenvalue weighted by Crippen LogP contribution is 2.32. The lowest BCUT2D eigenvalue weighted by atomic mass is 9.97. The first-order valence-electron chi connectivity index (χ1n) is 8.03. The highest BCUT2D eigenvalue weighted by atomic mass is 15.3. The van der Waals surface area contributed by atoms with E-state index in [4.69, 9.17) is 5.73 Å². The second kappa shape index (κ2) is 6.05. The number of anilines is 3. The number of nitrogen functional groups attached to an aromatic ring is 1. The lowest BCUT2D eigenvalue weighted by Gasteiger charge is -2.36. The number of nitrogens with zero attached hydrogens (tertiary/aromatic N) is 4. The number of rotatable bonds is 3. The largest absolute Gasteiger partial charge is 0.368 e. The quantitative estimate of drug-likeness (QED) is 0.875. The number of fused-ring (bicyclic) bond motifs is 1. The zero-order valence-electron chi connectivity index (χ0n) is 13.1. The Labute approximate surface area is 126 Å². The van der Waals surface area contributed by atoms with E-state index in [2.05, 4.69) is 39.1 Å². The van der Waals surface area contributed by atoms with Crippen molar-refractivity contribution in [2.45, 2.75) is 38.6 Å². The van der Waals surface area contributed by atoms with Gasteiger partial charge in [-0.25, -0.2) is 0 Å². The number of likely N-dealkylation sites (N-methyl/N-ethyl adjacent to an activating group) is 1. The first kappa shape index (κ1) is 14.4. The maximum absolute atomic E-state index is 5.94. The van der Waals surface area contributed by atoms with Crippen molar-refractivity contribution in [3.05, 3.63) is 5.56 Å². The van der Waals surface area contributed by atoms with Crippen LogP contribution in [-0.4, -0.2) is 54.1 Å². The molecular weight excluding hydrogens is 264 g/mol. The fourth-order valence-electron chi connectivity index (χ4n) is 3.27. The van der Waals surface area contributed by atoms with Gasteiger partial charge in [-0.05, 0) is 26.3 Å². The summed E-state index contributed by atoms with van der Waals surface area (Å²) >= 11 is 0. The molecule has 0 spiro atoms. The van der Waals surface area contributed by atoms with Gasteiger partial charge in [0.2, 0.25) is 5.95 Å². The predicted molar refractivity (Wildman–Crippen MR) is 86.8 cm³/mol. The predicted octanol–water partition coefficient (Wildman–Crippen LogP) is 1.34. The van der Waals surface area contributed by atoms with Crippen LogP contribution in [0, 0.1) is 0 Å². The Balaban J connectivity index is 1.85. The zero-order valence-corrected chi connectivity index (χ0v) is 13.1. The monoisotopic (exact) mass is 290 g/mol. The molecule has 2 aliphatic heterocycles. The fraction of sp³-hybridized carbons (Fsp3) is 0.733. The van der Waals surface area contributed by atoms with Gasteiger partial charge in [-0.15, -0.1) is 0 Å². The number of nitrogens with one attached hydrogen (secondary N) is 1. The highest BCUT2D eigenvalue weighted by molar-refractivity contribution is 5.63. The Morgan fingerprint density at radius 1 is 1.24 bits per heavy atom. The van der Waals surface area contributed by atoms with Crippen molar-refractivity contribution < 1.29 is 0 Å². The summed E-state index contributed by atoms with van der Waals surface area (Å²) in [7, 11) is 2.16. The van der Waals surface area contributed by atoms with Crippen LogP contribution in [0.25, 0.3) is 0 Å². The van der Waals surface area contributed by atoms with Crippen LogP contribution in [0.2, 0.25) is 0 Å². The molecule has 1 unspecified atom stereocenters. The van der Waals surface area contributed by atoms with Gasteiger partial charge >= 0.3 is 0 Å². The van der Waals surface area contributed by atoms with Gasteiger partial charge in [-0.2, -0.15) is 9.97 Å². The van der Waals surface area contributed by atoms with Crippen molar-refractivity contribution in [3.8, 4) is 0 Å². The summed E-state index contributed by atoms with van der Waals surface area (Å²) < 4.78 is 0. The van der Waals surface area contributed by atoms with Crippen molar-refractivity contribution in [3.63, 3.8) is 0 Å². The summed E-state index contributed by atoms with van der Waals surface area (Å²) in [6.07, 6.45) is 4.59. The summed E-state index contributed by atoms with van der Waals surface area (Å²) in [5.74, 6) is 2.39. The molecule has 116 valence electrons. The molecule has 0 aliphatic carbocycles. The molecule has 3 heterocycles. The lowest BCUT2D eigenvalue weighted by molar-refractivity contribution is 0.311. The van der Waals surface area contributed by atoms with E-state index in [1.165, 1.54) is 18.4 Å². The first-order valence-corrected chi connectivity index (χ1v) is 8.03. The molecule has 0 amide bonds. The summed E-state index contributed by atoms with van der Waals surface area (Å²) in [5.41, 5.74) is 7.19. The van der Waals surface area contributed by atoms with Crippen LogP contribution in [-0.2, 0) is 6.42 Å². The van der Waals surface area contributed by atoms with E-state index < -0.39 is 0 Å².